The number of hydrogen-bond acceptors (Lipinski definition) is 5. The fraction of sp³-hybridized carbons (Fsp3) is 0.429. The van der Waals surface area contributed by atoms with Gasteiger partial charge in [-0.05, 0) is 24.0 Å². The van der Waals surface area contributed by atoms with Gasteiger partial charge in [-0.2, -0.15) is 11.8 Å². The molecule has 0 saturated carbocycles. The van der Waals surface area contributed by atoms with E-state index in [0.717, 1.165) is 5.75 Å². The largest absolute Gasteiger partial charge is 0.467 e. The van der Waals surface area contributed by atoms with Crippen LogP contribution in [-0.4, -0.2) is 37.0 Å². The third kappa shape index (κ3) is 6.37. The molecule has 0 bridgehead atoms. The van der Waals surface area contributed by atoms with E-state index in [4.69, 9.17) is 10.5 Å². The van der Waals surface area contributed by atoms with E-state index in [1.807, 2.05) is 12.3 Å². The van der Waals surface area contributed by atoms with Crippen LogP contribution in [0.5, 0.6) is 0 Å². The number of carbonyl (C=O) groups is 2. The van der Waals surface area contributed by atoms with E-state index in [-0.39, 0.29) is 18.3 Å². The fourth-order valence-corrected chi connectivity index (χ4v) is 2.16. The molecule has 3 N–H and O–H groups in total. The van der Waals surface area contributed by atoms with E-state index in [9.17, 15) is 9.59 Å². The Labute approximate surface area is 135 Å². The lowest BCUT2D eigenvalue weighted by atomic mass is 10.1. The molecule has 0 spiro atoms. The molecule has 2 atom stereocenters. The van der Waals surface area contributed by atoms with E-state index >= 15 is 0 Å². The monoisotopic (exact) mass is 332 g/mol. The molecule has 1 aromatic rings. The third-order valence-electron chi connectivity index (χ3n) is 2.83. The lowest BCUT2D eigenvalue weighted by molar-refractivity contribution is -0.145. The highest BCUT2D eigenvalue weighted by atomic mass is 35.5. The van der Waals surface area contributed by atoms with Crippen molar-refractivity contribution in [1.29, 1.82) is 0 Å². The number of methoxy groups -OCH3 is 1. The van der Waals surface area contributed by atoms with Gasteiger partial charge in [0.15, 0.2) is 6.04 Å². The Kier molecular flexibility index (Phi) is 9.86. The first-order valence-electron chi connectivity index (χ1n) is 6.27. The van der Waals surface area contributed by atoms with E-state index in [1.54, 1.807) is 36.0 Å². The fourth-order valence-electron chi connectivity index (χ4n) is 1.67. The number of benzene rings is 1. The van der Waals surface area contributed by atoms with Crippen LogP contribution in [-0.2, 0) is 14.3 Å². The molecule has 0 aliphatic carbocycles. The van der Waals surface area contributed by atoms with Crippen LogP contribution in [0.1, 0.15) is 18.0 Å². The summed E-state index contributed by atoms with van der Waals surface area (Å²) < 4.78 is 4.73. The normalized spacial score (nSPS) is 12.7. The number of thioether (sulfide) groups is 1. The minimum Gasteiger partial charge on any atom is -0.467 e. The Morgan fingerprint density at radius 3 is 2.48 bits per heavy atom. The quantitative estimate of drug-likeness (QED) is 0.740. The molecule has 0 unspecified atom stereocenters. The van der Waals surface area contributed by atoms with Crippen LogP contribution in [0.3, 0.4) is 0 Å². The number of amides is 1. The van der Waals surface area contributed by atoms with Gasteiger partial charge in [-0.1, -0.05) is 30.3 Å². The number of hydrogen-bond donors (Lipinski definition) is 2. The highest BCUT2D eigenvalue weighted by Crippen LogP contribution is 2.14. The average Bonchev–Trinajstić information content (AvgIpc) is 2.49. The lowest BCUT2D eigenvalue weighted by Gasteiger charge is -2.19. The zero-order chi connectivity index (χ0) is 15.0. The number of esters is 1. The van der Waals surface area contributed by atoms with Gasteiger partial charge >= 0.3 is 5.97 Å². The number of nitrogens with one attached hydrogen (secondary N) is 1. The van der Waals surface area contributed by atoms with Crippen LogP contribution in [0.15, 0.2) is 30.3 Å². The van der Waals surface area contributed by atoms with Crippen LogP contribution < -0.4 is 11.1 Å². The molecular weight excluding hydrogens is 312 g/mol. The molecule has 0 saturated heterocycles. The van der Waals surface area contributed by atoms with Crippen LogP contribution in [0.2, 0.25) is 0 Å². The maximum atomic E-state index is 12.0. The SMILES string of the molecule is COC(=O)[C@@H](NC(=O)[C@@H](N)CCSC)c1ccccc1.Cl. The summed E-state index contributed by atoms with van der Waals surface area (Å²) in [6, 6.07) is 7.50. The molecular formula is C14H21ClN2O3S. The van der Waals surface area contributed by atoms with Gasteiger partial charge in [0.2, 0.25) is 5.91 Å². The second kappa shape index (κ2) is 10.5. The second-order valence-electron chi connectivity index (χ2n) is 4.26. The maximum absolute atomic E-state index is 12.0. The topological polar surface area (TPSA) is 81.4 Å². The molecule has 0 radical (unpaired) electrons. The Morgan fingerprint density at radius 1 is 1.33 bits per heavy atom. The molecule has 21 heavy (non-hydrogen) atoms. The molecule has 0 aliphatic rings. The van der Waals surface area contributed by atoms with Crippen molar-refractivity contribution in [3.63, 3.8) is 0 Å². The van der Waals surface area contributed by atoms with Crippen molar-refractivity contribution in [2.24, 2.45) is 5.73 Å². The van der Waals surface area contributed by atoms with Gasteiger partial charge in [-0.3, -0.25) is 4.79 Å². The van der Waals surface area contributed by atoms with Crippen LogP contribution in [0, 0.1) is 0 Å². The van der Waals surface area contributed by atoms with Crippen molar-refractivity contribution in [2.45, 2.75) is 18.5 Å². The van der Waals surface area contributed by atoms with Crippen molar-refractivity contribution < 1.29 is 14.3 Å². The van der Waals surface area contributed by atoms with Gasteiger partial charge in [0.25, 0.3) is 0 Å². The molecule has 0 heterocycles. The van der Waals surface area contributed by atoms with Gasteiger partial charge in [0.1, 0.15) is 0 Å². The second-order valence-corrected chi connectivity index (χ2v) is 5.25. The summed E-state index contributed by atoms with van der Waals surface area (Å²) in [5.41, 5.74) is 6.46. The highest BCUT2D eigenvalue weighted by molar-refractivity contribution is 7.98. The zero-order valence-corrected chi connectivity index (χ0v) is 13.7. The van der Waals surface area contributed by atoms with Gasteiger partial charge < -0.3 is 15.8 Å². The van der Waals surface area contributed by atoms with Crippen LogP contribution in [0.4, 0.5) is 0 Å². The first-order valence-corrected chi connectivity index (χ1v) is 7.67. The summed E-state index contributed by atoms with van der Waals surface area (Å²) in [4.78, 5) is 23.8. The molecule has 1 rings (SSSR count). The Hall–Kier alpha value is -1.24. The van der Waals surface area contributed by atoms with Gasteiger partial charge in [0, 0.05) is 0 Å². The molecule has 7 heteroatoms. The molecule has 0 fully saturated rings. The standard InChI is InChI=1S/C14H20N2O3S.ClH/c1-19-14(18)12(10-6-4-3-5-7-10)16-13(17)11(15)8-9-20-2;/h3-7,11-12H,8-9,15H2,1-2H3,(H,16,17);1H/t11-,12-;/m0./s1. The zero-order valence-electron chi connectivity index (χ0n) is 12.1. The first-order chi connectivity index (χ1) is 9.60. The average molecular weight is 333 g/mol. The van der Waals surface area contributed by atoms with Crippen molar-refractivity contribution in [3.8, 4) is 0 Å². The Morgan fingerprint density at radius 2 is 1.95 bits per heavy atom. The predicted octanol–water partition coefficient (Wildman–Crippen LogP) is 1.52. The van der Waals surface area contributed by atoms with Crippen molar-refractivity contribution >= 4 is 36.0 Å². The molecule has 118 valence electrons. The Bertz CT molecular complexity index is 445. The molecule has 1 amide bonds. The third-order valence-corrected chi connectivity index (χ3v) is 3.47. The molecule has 0 aliphatic heterocycles. The van der Waals surface area contributed by atoms with Crippen molar-refractivity contribution in [1.82, 2.24) is 5.32 Å². The minimum absolute atomic E-state index is 0. The summed E-state index contributed by atoms with van der Waals surface area (Å²) >= 11 is 1.62. The number of rotatable bonds is 7. The van der Waals surface area contributed by atoms with Gasteiger partial charge in [-0.25, -0.2) is 4.79 Å². The smallest absolute Gasteiger partial charge is 0.333 e. The summed E-state index contributed by atoms with van der Waals surface area (Å²) in [6.45, 7) is 0. The number of nitrogens with two attached hydrogens (primary N) is 1. The number of carbonyl (C=O) groups excluding carboxylic acids is 2. The van der Waals surface area contributed by atoms with E-state index in [2.05, 4.69) is 5.32 Å². The van der Waals surface area contributed by atoms with E-state index in [0.29, 0.717) is 12.0 Å². The van der Waals surface area contributed by atoms with E-state index < -0.39 is 18.1 Å². The minimum atomic E-state index is -0.825. The summed E-state index contributed by atoms with van der Waals surface area (Å²) in [7, 11) is 1.29. The first kappa shape index (κ1) is 19.8. The van der Waals surface area contributed by atoms with Gasteiger partial charge in [0.05, 0.1) is 13.2 Å². The maximum Gasteiger partial charge on any atom is 0.333 e. The predicted molar refractivity (Wildman–Crippen MR) is 87.6 cm³/mol. The molecule has 0 aromatic heterocycles. The summed E-state index contributed by atoms with van der Waals surface area (Å²) in [5, 5.41) is 2.64. The lowest BCUT2D eigenvalue weighted by Crippen LogP contribution is -2.44. The van der Waals surface area contributed by atoms with Gasteiger partial charge in [-0.15, -0.1) is 12.4 Å². The van der Waals surface area contributed by atoms with Crippen LogP contribution in [0.25, 0.3) is 0 Å². The number of halogens is 1. The van der Waals surface area contributed by atoms with E-state index in [1.165, 1.54) is 7.11 Å². The van der Waals surface area contributed by atoms with Crippen molar-refractivity contribution in [3.05, 3.63) is 35.9 Å². The summed E-state index contributed by atoms with van der Waals surface area (Å²) in [6.07, 6.45) is 2.52. The van der Waals surface area contributed by atoms with Crippen molar-refractivity contribution in [2.75, 3.05) is 19.1 Å². The number of ether oxygens (including phenoxy) is 1. The van der Waals surface area contributed by atoms with Crippen LogP contribution >= 0.6 is 24.2 Å². The summed E-state index contributed by atoms with van der Waals surface area (Å²) in [5.74, 6) is -0.0667. The highest BCUT2D eigenvalue weighted by Gasteiger charge is 2.25. The Balaban J connectivity index is 0.00000400. The molecule has 1 aromatic carbocycles. The molecule has 5 nitrogen and oxygen atoms in total.